The highest BCUT2D eigenvalue weighted by molar-refractivity contribution is 14.1. The third-order valence-corrected chi connectivity index (χ3v) is 5.06. The lowest BCUT2D eigenvalue weighted by Gasteiger charge is -2.14. The van der Waals surface area contributed by atoms with E-state index in [-0.39, 0.29) is 0 Å². The van der Waals surface area contributed by atoms with E-state index in [1.807, 2.05) is 0 Å². The van der Waals surface area contributed by atoms with Crippen LogP contribution < -0.4 is 0 Å². The van der Waals surface area contributed by atoms with Crippen LogP contribution in [0.15, 0.2) is 0 Å². The quantitative estimate of drug-likeness (QED) is 0.592. The molecule has 0 saturated heterocycles. The molecule has 1 aromatic heterocycles. The molecule has 1 aromatic rings. The number of rotatable bonds is 4. The fraction of sp³-hybridized carbons (Fsp3) is 0.692. The molecule has 0 bridgehead atoms. The lowest BCUT2D eigenvalue weighted by atomic mass is 10.0. The molecule has 0 unspecified atom stereocenters. The highest BCUT2D eigenvalue weighted by Gasteiger charge is 2.23. The second-order valence-corrected chi connectivity index (χ2v) is 6.60. The summed E-state index contributed by atoms with van der Waals surface area (Å²) in [6, 6.07) is 0. The van der Waals surface area contributed by atoms with Gasteiger partial charge < -0.3 is 4.90 Å². The van der Waals surface area contributed by atoms with Crippen molar-refractivity contribution in [2.45, 2.75) is 38.0 Å². The highest BCUT2D eigenvalue weighted by Crippen LogP contribution is 2.36. The highest BCUT2D eigenvalue weighted by atomic mass is 127. The first-order valence-corrected chi connectivity index (χ1v) is 7.90. The zero-order valence-corrected chi connectivity index (χ0v) is 13.8. The topological polar surface area (TPSA) is 29.0 Å². The fourth-order valence-corrected chi connectivity index (χ4v) is 3.26. The molecule has 0 aliphatic heterocycles. The Bertz CT molecular complexity index is 417. The van der Waals surface area contributed by atoms with E-state index in [4.69, 9.17) is 16.6 Å². The zero-order valence-electron chi connectivity index (χ0n) is 10.9. The van der Waals surface area contributed by atoms with Crippen molar-refractivity contribution in [2.24, 2.45) is 0 Å². The van der Waals surface area contributed by atoms with E-state index in [1.54, 1.807) is 0 Å². The second kappa shape index (κ2) is 6.48. The van der Waals surface area contributed by atoms with Crippen LogP contribution in [0.25, 0.3) is 0 Å². The summed E-state index contributed by atoms with van der Waals surface area (Å²) in [6.45, 7) is 0.959. The molecule has 0 aromatic carbocycles. The minimum Gasteiger partial charge on any atom is -0.309 e. The maximum atomic E-state index is 6.24. The Balaban J connectivity index is 2.21. The number of halogens is 2. The van der Waals surface area contributed by atoms with Crippen molar-refractivity contribution in [1.29, 1.82) is 0 Å². The van der Waals surface area contributed by atoms with Crippen molar-refractivity contribution < 1.29 is 0 Å². The molecule has 100 valence electrons. The Labute approximate surface area is 127 Å². The van der Waals surface area contributed by atoms with Gasteiger partial charge >= 0.3 is 0 Å². The van der Waals surface area contributed by atoms with Crippen LogP contribution >= 0.6 is 34.2 Å². The van der Waals surface area contributed by atoms with Crippen LogP contribution in [0.4, 0.5) is 0 Å². The van der Waals surface area contributed by atoms with Crippen LogP contribution in [0.5, 0.6) is 0 Å². The van der Waals surface area contributed by atoms with Crippen LogP contribution in [0.2, 0.25) is 5.15 Å². The smallest absolute Gasteiger partial charge is 0.146 e. The van der Waals surface area contributed by atoms with Gasteiger partial charge in [-0.1, -0.05) is 24.4 Å². The van der Waals surface area contributed by atoms with Gasteiger partial charge in [0.1, 0.15) is 11.0 Å². The molecule has 2 rings (SSSR count). The van der Waals surface area contributed by atoms with Gasteiger partial charge in [0.25, 0.3) is 0 Å². The lowest BCUT2D eigenvalue weighted by molar-refractivity contribution is 0.409. The maximum absolute atomic E-state index is 6.24. The largest absolute Gasteiger partial charge is 0.309 e. The van der Waals surface area contributed by atoms with Crippen LogP contribution in [-0.4, -0.2) is 35.5 Å². The van der Waals surface area contributed by atoms with Gasteiger partial charge in [-0.2, -0.15) is 0 Å². The number of hydrogen-bond acceptors (Lipinski definition) is 3. The molecule has 3 nitrogen and oxygen atoms in total. The summed E-state index contributed by atoms with van der Waals surface area (Å²) in [5.41, 5.74) is 1.18. The Morgan fingerprint density at radius 3 is 2.56 bits per heavy atom. The first-order chi connectivity index (χ1) is 8.58. The second-order valence-electron chi connectivity index (χ2n) is 5.16. The molecular weight excluding hydrogens is 361 g/mol. The monoisotopic (exact) mass is 379 g/mol. The first kappa shape index (κ1) is 14.5. The van der Waals surface area contributed by atoms with Gasteiger partial charge in [0.2, 0.25) is 0 Å². The summed E-state index contributed by atoms with van der Waals surface area (Å²) in [5.74, 6) is 1.48. The minimum absolute atomic E-state index is 0.593. The Hall–Kier alpha value is 0.0600. The fourth-order valence-electron chi connectivity index (χ4n) is 2.39. The number of aromatic nitrogens is 2. The zero-order chi connectivity index (χ0) is 13.1. The SMILES string of the molecule is CN(C)CCc1nc(Cl)c(I)c(C2CCCC2)n1. The van der Waals surface area contributed by atoms with Crippen LogP contribution in [0, 0.1) is 3.57 Å². The van der Waals surface area contributed by atoms with Gasteiger partial charge in [0.05, 0.1) is 9.26 Å². The molecule has 0 amide bonds. The van der Waals surface area contributed by atoms with Crippen LogP contribution in [0.3, 0.4) is 0 Å². The van der Waals surface area contributed by atoms with E-state index in [0.29, 0.717) is 11.1 Å². The summed E-state index contributed by atoms with van der Waals surface area (Å²) in [7, 11) is 4.12. The molecule has 18 heavy (non-hydrogen) atoms. The van der Waals surface area contributed by atoms with Crippen molar-refractivity contribution in [2.75, 3.05) is 20.6 Å². The van der Waals surface area contributed by atoms with E-state index >= 15 is 0 Å². The Morgan fingerprint density at radius 2 is 1.94 bits per heavy atom. The van der Waals surface area contributed by atoms with Crippen LogP contribution in [0.1, 0.15) is 43.1 Å². The predicted molar refractivity (Wildman–Crippen MR) is 83.2 cm³/mol. The van der Waals surface area contributed by atoms with Gasteiger partial charge in [-0.3, -0.25) is 0 Å². The number of nitrogens with zero attached hydrogens (tertiary/aromatic N) is 3. The number of likely N-dealkylation sites (N-methyl/N-ethyl adjacent to an activating group) is 1. The van der Waals surface area contributed by atoms with Crippen molar-refractivity contribution >= 4 is 34.2 Å². The molecule has 0 radical (unpaired) electrons. The summed E-state index contributed by atoms with van der Waals surface area (Å²) in [5, 5.41) is 0.626. The van der Waals surface area contributed by atoms with Crippen LogP contribution in [-0.2, 0) is 6.42 Å². The molecule has 1 saturated carbocycles. The standard InChI is InChI=1S/C13H19ClIN3/c1-18(2)8-7-10-16-12(9-5-3-4-6-9)11(15)13(14)17-10/h9H,3-8H2,1-2H3. The maximum Gasteiger partial charge on any atom is 0.146 e. The molecule has 1 aliphatic carbocycles. The van der Waals surface area contributed by atoms with Crippen molar-refractivity contribution in [1.82, 2.24) is 14.9 Å². The van der Waals surface area contributed by atoms with E-state index in [9.17, 15) is 0 Å². The van der Waals surface area contributed by atoms with E-state index < -0.39 is 0 Å². The number of hydrogen-bond donors (Lipinski definition) is 0. The van der Waals surface area contributed by atoms with Crippen molar-refractivity contribution in [3.63, 3.8) is 0 Å². The average Bonchev–Trinajstić information content (AvgIpc) is 2.84. The predicted octanol–water partition coefficient (Wildman–Crippen LogP) is 3.50. The molecule has 0 N–H and O–H groups in total. The van der Waals surface area contributed by atoms with Gasteiger partial charge in [-0.15, -0.1) is 0 Å². The van der Waals surface area contributed by atoms with Gasteiger partial charge in [-0.05, 0) is 49.5 Å². The van der Waals surface area contributed by atoms with Gasteiger partial charge in [0, 0.05) is 18.9 Å². The molecule has 1 heterocycles. The minimum atomic E-state index is 0.593. The summed E-state index contributed by atoms with van der Waals surface area (Å²) >= 11 is 8.53. The molecule has 0 spiro atoms. The summed E-state index contributed by atoms with van der Waals surface area (Å²) in [4.78, 5) is 11.3. The molecule has 0 atom stereocenters. The Morgan fingerprint density at radius 1 is 1.28 bits per heavy atom. The summed E-state index contributed by atoms with van der Waals surface area (Å²) < 4.78 is 1.05. The third kappa shape index (κ3) is 3.54. The first-order valence-electron chi connectivity index (χ1n) is 6.44. The van der Waals surface area contributed by atoms with Gasteiger partial charge in [0.15, 0.2) is 0 Å². The molecule has 5 heteroatoms. The summed E-state index contributed by atoms with van der Waals surface area (Å²) in [6.07, 6.45) is 5.99. The normalized spacial score (nSPS) is 16.7. The molecule has 1 aliphatic rings. The van der Waals surface area contributed by atoms with Gasteiger partial charge in [-0.25, -0.2) is 9.97 Å². The lowest BCUT2D eigenvalue weighted by Crippen LogP contribution is -2.17. The average molecular weight is 380 g/mol. The van der Waals surface area contributed by atoms with Crippen molar-refractivity contribution in [3.8, 4) is 0 Å². The van der Waals surface area contributed by atoms with E-state index in [0.717, 1.165) is 22.4 Å². The van der Waals surface area contributed by atoms with E-state index in [2.05, 4.69) is 46.6 Å². The third-order valence-electron chi connectivity index (χ3n) is 3.41. The molecular formula is C13H19ClIN3. The van der Waals surface area contributed by atoms with Crippen molar-refractivity contribution in [3.05, 3.63) is 20.2 Å². The molecule has 1 fully saturated rings. The van der Waals surface area contributed by atoms with E-state index in [1.165, 1.54) is 31.4 Å². The Kier molecular flexibility index (Phi) is 5.21.